The van der Waals surface area contributed by atoms with Crippen molar-refractivity contribution in [3.8, 4) is 0 Å². The second-order valence-corrected chi connectivity index (χ2v) is 17.1. The summed E-state index contributed by atoms with van der Waals surface area (Å²) in [7, 11) is -3.86. The van der Waals surface area contributed by atoms with Crippen molar-refractivity contribution in [1.82, 2.24) is 20.3 Å². The fourth-order valence-electron chi connectivity index (χ4n) is 7.02. The Morgan fingerprint density at radius 1 is 1.02 bits per heavy atom. The summed E-state index contributed by atoms with van der Waals surface area (Å²) in [6, 6.07) is 7.67. The maximum atomic E-state index is 14.4. The number of rotatable bonds is 10. The minimum Gasteiger partial charge on any atom is -0.446 e. The number of carbonyl (C=O) groups excluding carboxylic acids is 4. The molecule has 14 heteroatoms. The number of nitrogens with zero attached hydrogens (tertiary/aromatic N) is 2. The molecule has 4 amide bonds. The highest BCUT2D eigenvalue weighted by atomic mass is 32.2. The molecule has 1 aromatic rings. The Morgan fingerprint density at radius 2 is 1.78 bits per heavy atom. The number of amides is 4. The number of allylic oxidation sites excluding steroid dienone is 1. The van der Waals surface area contributed by atoms with Crippen LogP contribution in [0, 0.1) is 11.8 Å². The number of benzene rings is 1. The average molecular weight is 726 g/mol. The number of ether oxygens (including phenoxy) is 1. The lowest BCUT2D eigenvalue weighted by atomic mass is 9.96. The van der Waals surface area contributed by atoms with Gasteiger partial charge in [-0.25, -0.2) is 13.2 Å². The smallest absolute Gasteiger partial charge is 0.408 e. The van der Waals surface area contributed by atoms with Crippen LogP contribution in [0.2, 0.25) is 0 Å². The van der Waals surface area contributed by atoms with E-state index in [9.17, 15) is 27.6 Å². The second kappa shape index (κ2) is 15.7. The molecule has 0 radical (unpaired) electrons. The molecule has 5 aliphatic rings. The number of sulfonamides is 1. The van der Waals surface area contributed by atoms with Crippen molar-refractivity contribution in [2.75, 3.05) is 6.54 Å². The first-order chi connectivity index (χ1) is 24.4. The molecule has 0 spiro atoms. The fraction of sp³-hybridized carbons (Fsp3) is 0.649. The van der Waals surface area contributed by atoms with Gasteiger partial charge in [0.05, 0.1) is 17.5 Å². The first-order valence-electron chi connectivity index (χ1n) is 18.6. The van der Waals surface area contributed by atoms with Crippen molar-refractivity contribution in [3.05, 3.63) is 48.0 Å². The SMILES string of the molecule is CC(C)C/C(=N\O[C@@H]1C[C@H]2C(=O)N[C@@]3(C(=O)NS(=O)(=O)C4CC4)C[C@H]3/C=C\CCCCC[C@H](NC(=O)OC3CCC3)C(=O)N2C1)c1ccccc1. The van der Waals surface area contributed by atoms with Crippen LogP contribution in [0.15, 0.2) is 47.6 Å². The van der Waals surface area contributed by atoms with E-state index in [-0.39, 0.29) is 31.4 Å². The molecule has 13 nitrogen and oxygen atoms in total. The van der Waals surface area contributed by atoms with E-state index < -0.39 is 68.7 Å². The molecular formula is C37H51N5O8S. The number of alkyl carbamates (subject to hydrolysis) is 1. The molecule has 3 N–H and O–H groups in total. The van der Waals surface area contributed by atoms with Gasteiger partial charge in [0.1, 0.15) is 29.8 Å². The highest BCUT2D eigenvalue weighted by Crippen LogP contribution is 2.46. The van der Waals surface area contributed by atoms with Crippen LogP contribution >= 0.6 is 0 Å². The van der Waals surface area contributed by atoms with Crippen molar-refractivity contribution in [2.24, 2.45) is 17.0 Å². The Balaban J connectivity index is 1.27. The van der Waals surface area contributed by atoms with Crippen LogP contribution in [-0.4, -0.2) is 84.5 Å². The zero-order valence-corrected chi connectivity index (χ0v) is 30.4. The largest absolute Gasteiger partial charge is 0.446 e. The molecular weight excluding hydrogens is 675 g/mol. The van der Waals surface area contributed by atoms with Gasteiger partial charge in [-0.2, -0.15) is 0 Å². The summed E-state index contributed by atoms with van der Waals surface area (Å²) < 4.78 is 33.3. The third-order valence-electron chi connectivity index (χ3n) is 10.5. The van der Waals surface area contributed by atoms with Gasteiger partial charge in [0.2, 0.25) is 21.8 Å². The lowest BCUT2D eigenvalue weighted by Crippen LogP contribution is -2.58. The summed E-state index contributed by atoms with van der Waals surface area (Å²) in [5.41, 5.74) is 0.178. The minimum atomic E-state index is -3.86. The molecule has 51 heavy (non-hydrogen) atoms. The lowest BCUT2D eigenvalue weighted by molar-refractivity contribution is -0.141. The van der Waals surface area contributed by atoms with Crippen molar-refractivity contribution >= 4 is 39.5 Å². The van der Waals surface area contributed by atoms with E-state index in [0.29, 0.717) is 38.5 Å². The Hall–Kier alpha value is -3.94. The molecule has 6 rings (SSSR count). The maximum absolute atomic E-state index is 14.4. The zero-order valence-electron chi connectivity index (χ0n) is 29.6. The molecule has 1 aromatic carbocycles. The minimum absolute atomic E-state index is 0.0264. The summed E-state index contributed by atoms with van der Waals surface area (Å²) >= 11 is 0. The lowest BCUT2D eigenvalue weighted by Gasteiger charge is -2.30. The number of carbonyl (C=O) groups is 4. The van der Waals surface area contributed by atoms with Crippen LogP contribution in [0.1, 0.15) is 103 Å². The van der Waals surface area contributed by atoms with Gasteiger partial charge >= 0.3 is 6.09 Å². The molecule has 3 aliphatic carbocycles. The Kier molecular flexibility index (Phi) is 11.4. The predicted octanol–water partition coefficient (Wildman–Crippen LogP) is 4.07. The van der Waals surface area contributed by atoms with E-state index in [1.54, 1.807) is 0 Å². The highest BCUT2D eigenvalue weighted by Gasteiger charge is 2.62. The molecule has 0 aromatic heterocycles. The molecule has 5 atom stereocenters. The van der Waals surface area contributed by atoms with Crippen LogP contribution in [0.3, 0.4) is 0 Å². The Bertz CT molecular complexity index is 1620. The van der Waals surface area contributed by atoms with Gasteiger partial charge in [0.25, 0.3) is 5.91 Å². The van der Waals surface area contributed by atoms with Crippen molar-refractivity contribution < 1.29 is 37.2 Å². The molecule has 278 valence electrons. The second-order valence-electron chi connectivity index (χ2n) is 15.1. The van der Waals surface area contributed by atoms with Gasteiger partial charge < -0.3 is 25.1 Å². The molecule has 2 heterocycles. The summed E-state index contributed by atoms with van der Waals surface area (Å²) in [5, 5.41) is 9.59. The normalized spacial score (nSPS) is 29.7. The number of fused-ring (bicyclic) bond motifs is 2. The molecule has 2 aliphatic heterocycles. The van der Waals surface area contributed by atoms with Crippen molar-refractivity contribution in [1.29, 1.82) is 0 Å². The summed E-state index contributed by atoms with van der Waals surface area (Å²) in [6.45, 7) is 4.19. The summed E-state index contributed by atoms with van der Waals surface area (Å²) in [6.07, 6.45) is 10.2. The third-order valence-corrected chi connectivity index (χ3v) is 12.3. The maximum Gasteiger partial charge on any atom is 0.408 e. The van der Waals surface area contributed by atoms with Crippen molar-refractivity contribution in [2.45, 2.75) is 132 Å². The van der Waals surface area contributed by atoms with Crippen molar-refractivity contribution in [3.63, 3.8) is 0 Å². The van der Waals surface area contributed by atoms with E-state index in [4.69, 9.17) is 9.57 Å². The molecule has 1 saturated heterocycles. The van der Waals surface area contributed by atoms with Crippen LogP contribution in [0.4, 0.5) is 4.79 Å². The average Bonchev–Trinajstić information content (AvgIpc) is 4.00. The van der Waals surface area contributed by atoms with Crippen LogP contribution < -0.4 is 15.4 Å². The quantitative estimate of drug-likeness (QED) is 0.184. The molecule has 0 bridgehead atoms. The Morgan fingerprint density at radius 3 is 2.47 bits per heavy atom. The van der Waals surface area contributed by atoms with Gasteiger partial charge in [-0.05, 0) is 75.7 Å². The van der Waals surface area contributed by atoms with E-state index in [1.165, 1.54) is 4.90 Å². The molecule has 3 saturated carbocycles. The number of hydrogen-bond donors (Lipinski definition) is 3. The van der Waals surface area contributed by atoms with Gasteiger partial charge in [-0.15, -0.1) is 0 Å². The summed E-state index contributed by atoms with van der Waals surface area (Å²) in [4.78, 5) is 62.6. The Labute approximate surface area is 300 Å². The molecule has 0 unspecified atom stereocenters. The van der Waals surface area contributed by atoms with Crippen LogP contribution in [0.25, 0.3) is 0 Å². The van der Waals surface area contributed by atoms with Gasteiger partial charge in [-0.3, -0.25) is 19.1 Å². The van der Waals surface area contributed by atoms with Crippen LogP contribution in [0.5, 0.6) is 0 Å². The van der Waals surface area contributed by atoms with E-state index >= 15 is 0 Å². The van der Waals surface area contributed by atoms with Crippen LogP contribution in [-0.2, 0) is 34.0 Å². The fourth-order valence-corrected chi connectivity index (χ4v) is 8.38. The van der Waals surface area contributed by atoms with Gasteiger partial charge in [-0.1, -0.05) is 74.3 Å². The monoisotopic (exact) mass is 725 g/mol. The van der Waals surface area contributed by atoms with E-state index in [1.807, 2.05) is 42.5 Å². The number of nitrogens with one attached hydrogen (secondary N) is 3. The third kappa shape index (κ3) is 9.11. The highest BCUT2D eigenvalue weighted by molar-refractivity contribution is 7.91. The van der Waals surface area contributed by atoms with E-state index in [2.05, 4.69) is 34.4 Å². The number of hydrogen-bond acceptors (Lipinski definition) is 9. The summed E-state index contributed by atoms with van der Waals surface area (Å²) in [5.74, 6) is -1.92. The molecule has 4 fully saturated rings. The predicted molar refractivity (Wildman–Crippen MR) is 190 cm³/mol. The topological polar surface area (TPSA) is 173 Å². The first-order valence-corrected chi connectivity index (χ1v) is 20.1. The first kappa shape index (κ1) is 36.8. The standard InChI is InChI=1S/C37H51N5O8S/c1-24(2)20-31(25-12-7-6-8-13-25)40-50-28-21-32-33(43)39-37(35(45)41-51(47,48)29-18-19-29)22-26(37)14-9-4-3-5-10-17-30(34(44)42(32)23-28)38-36(46)49-27-15-11-16-27/h6-9,12-14,24,26-30,32H,3-5,10-11,15-23H2,1-2H3,(H,38,46)(H,39,43)(H,41,45)/b14-9-,40-31+/t26-,28-,30+,32+,37+/m1/s1. The number of oxime groups is 1. The van der Waals surface area contributed by atoms with Gasteiger partial charge in [0.15, 0.2) is 0 Å². The van der Waals surface area contributed by atoms with E-state index in [0.717, 1.165) is 43.4 Å². The van der Waals surface area contributed by atoms with Gasteiger partial charge in [0, 0.05) is 12.3 Å². The zero-order chi connectivity index (χ0) is 36.2.